The molecule has 33 heavy (non-hydrogen) atoms. The first-order valence-corrected chi connectivity index (χ1v) is 12.3. The van der Waals surface area contributed by atoms with Gasteiger partial charge >= 0.3 is 0 Å². The van der Waals surface area contributed by atoms with Crippen LogP contribution in [0.3, 0.4) is 0 Å². The second kappa shape index (κ2) is 10.5. The van der Waals surface area contributed by atoms with E-state index >= 15 is 0 Å². The molecular formula is C24H24Cl2N2O4S. The third-order valence-electron chi connectivity index (χ3n) is 4.99. The fourth-order valence-corrected chi connectivity index (χ4v) is 5.08. The molecule has 0 radical (unpaired) electrons. The molecule has 0 aliphatic carbocycles. The Morgan fingerprint density at radius 2 is 1.64 bits per heavy atom. The Morgan fingerprint density at radius 3 is 2.27 bits per heavy atom. The average Bonchev–Trinajstić information content (AvgIpc) is 2.77. The van der Waals surface area contributed by atoms with Crippen molar-refractivity contribution in [3.63, 3.8) is 0 Å². The summed E-state index contributed by atoms with van der Waals surface area (Å²) in [5, 5.41) is 3.62. The zero-order valence-corrected chi connectivity index (χ0v) is 20.8. The first-order chi connectivity index (χ1) is 15.6. The number of ether oxygens (including phenoxy) is 1. The van der Waals surface area contributed by atoms with Gasteiger partial charge in [-0.3, -0.25) is 9.10 Å². The Labute approximate surface area is 204 Å². The van der Waals surface area contributed by atoms with E-state index in [2.05, 4.69) is 5.32 Å². The van der Waals surface area contributed by atoms with Gasteiger partial charge in [0.15, 0.2) is 0 Å². The highest BCUT2D eigenvalue weighted by Crippen LogP contribution is 2.33. The van der Waals surface area contributed by atoms with Gasteiger partial charge in [-0.05, 0) is 61.4 Å². The van der Waals surface area contributed by atoms with Gasteiger partial charge in [0.05, 0.1) is 17.7 Å². The summed E-state index contributed by atoms with van der Waals surface area (Å²) in [6, 6.07) is 16.6. The predicted molar refractivity (Wildman–Crippen MR) is 132 cm³/mol. The van der Waals surface area contributed by atoms with E-state index in [1.807, 2.05) is 19.9 Å². The molecule has 0 bridgehead atoms. The average molecular weight is 507 g/mol. The fraction of sp³-hybridized carbons (Fsp3) is 0.208. The Morgan fingerprint density at radius 1 is 0.970 bits per heavy atom. The molecular weight excluding hydrogens is 483 g/mol. The van der Waals surface area contributed by atoms with Crippen LogP contribution < -0.4 is 14.4 Å². The number of anilines is 1. The van der Waals surface area contributed by atoms with Crippen molar-refractivity contribution in [1.82, 2.24) is 5.32 Å². The molecule has 9 heteroatoms. The minimum Gasteiger partial charge on any atom is -0.495 e. The van der Waals surface area contributed by atoms with Gasteiger partial charge in [0.1, 0.15) is 12.3 Å². The molecule has 0 unspecified atom stereocenters. The number of methoxy groups -OCH3 is 1. The molecule has 0 aliphatic rings. The van der Waals surface area contributed by atoms with Crippen molar-refractivity contribution < 1.29 is 17.9 Å². The van der Waals surface area contributed by atoms with Crippen LogP contribution in [0.2, 0.25) is 10.0 Å². The summed E-state index contributed by atoms with van der Waals surface area (Å²) < 4.78 is 33.6. The van der Waals surface area contributed by atoms with Crippen LogP contribution >= 0.6 is 23.2 Å². The van der Waals surface area contributed by atoms with Crippen molar-refractivity contribution in [1.29, 1.82) is 0 Å². The van der Waals surface area contributed by atoms with Gasteiger partial charge in [-0.25, -0.2) is 8.42 Å². The fourth-order valence-electron chi connectivity index (χ4n) is 3.18. The standard InChI is InChI=1S/C24H24Cl2N2O4S/c1-16-4-9-20(10-5-16)33(30,31)28(22-12-17(2)6-11-23(22)32-3)15-24(29)27-14-18-7-8-19(25)13-21(18)26/h4-13H,14-15H2,1-3H3,(H,27,29). The number of sulfonamides is 1. The lowest BCUT2D eigenvalue weighted by molar-refractivity contribution is -0.119. The number of benzene rings is 3. The van der Waals surface area contributed by atoms with Crippen molar-refractivity contribution in [2.24, 2.45) is 0 Å². The number of carbonyl (C=O) groups is 1. The number of hydrogen-bond donors (Lipinski definition) is 1. The normalized spacial score (nSPS) is 11.2. The molecule has 0 fully saturated rings. The van der Waals surface area contributed by atoms with Gasteiger partial charge in [-0.1, -0.05) is 53.0 Å². The van der Waals surface area contributed by atoms with E-state index in [1.165, 1.54) is 19.2 Å². The molecule has 0 spiro atoms. The maximum atomic E-state index is 13.6. The Hall–Kier alpha value is -2.74. The monoisotopic (exact) mass is 506 g/mol. The van der Waals surface area contributed by atoms with Gasteiger partial charge < -0.3 is 10.1 Å². The number of nitrogens with zero attached hydrogens (tertiary/aromatic N) is 1. The third kappa shape index (κ3) is 5.99. The first kappa shape index (κ1) is 24.9. The Kier molecular flexibility index (Phi) is 7.89. The van der Waals surface area contributed by atoms with Gasteiger partial charge in [0, 0.05) is 16.6 Å². The molecule has 174 valence electrons. The lowest BCUT2D eigenvalue weighted by atomic mass is 10.2. The van der Waals surface area contributed by atoms with E-state index in [1.54, 1.807) is 42.5 Å². The topological polar surface area (TPSA) is 75.7 Å². The summed E-state index contributed by atoms with van der Waals surface area (Å²) in [5.74, 6) is -0.162. The predicted octanol–water partition coefficient (Wildman–Crippen LogP) is 5.13. The highest BCUT2D eigenvalue weighted by Gasteiger charge is 2.29. The summed E-state index contributed by atoms with van der Waals surface area (Å²) in [4.78, 5) is 12.9. The quantitative estimate of drug-likeness (QED) is 0.459. The molecule has 3 aromatic rings. The first-order valence-electron chi connectivity index (χ1n) is 10.1. The Balaban J connectivity index is 1.94. The molecule has 0 saturated heterocycles. The van der Waals surface area contributed by atoms with E-state index in [0.29, 0.717) is 21.4 Å². The summed E-state index contributed by atoms with van der Waals surface area (Å²) in [5.41, 5.74) is 2.68. The maximum Gasteiger partial charge on any atom is 0.264 e. The van der Waals surface area contributed by atoms with Crippen molar-refractivity contribution in [2.75, 3.05) is 18.0 Å². The molecule has 6 nitrogen and oxygen atoms in total. The number of aryl methyl sites for hydroxylation is 2. The molecule has 0 aromatic heterocycles. The minimum absolute atomic E-state index is 0.0743. The number of halogens is 2. The summed E-state index contributed by atoms with van der Waals surface area (Å²) >= 11 is 12.1. The van der Waals surface area contributed by atoms with Crippen molar-refractivity contribution in [3.8, 4) is 5.75 Å². The Bertz CT molecular complexity index is 1260. The molecule has 3 rings (SSSR count). The number of carbonyl (C=O) groups excluding carboxylic acids is 1. The van der Waals surface area contributed by atoms with E-state index in [0.717, 1.165) is 15.4 Å². The highest BCUT2D eigenvalue weighted by molar-refractivity contribution is 7.92. The maximum absolute atomic E-state index is 13.6. The molecule has 1 N–H and O–H groups in total. The van der Waals surface area contributed by atoms with E-state index in [9.17, 15) is 13.2 Å². The molecule has 0 atom stereocenters. The van der Waals surface area contributed by atoms with Crippen LogP contribution in [-0.2, 0) is 21.4 Å². The molecule has 0 heterocycles. The smallest absolute Gasteiger partial charge is 0.264 e. The van der Waals surface area contributed by atoms with E-state index in [4.69, 9.17) is 27.9 Å². The van der Waals surface area contributed by atoms with Crippen molar-refractivity contribution >= 4 is 44.8 Å². The highest BCUT2D eigenvalue weighted by atomic mass is 35.5. The zero-order valence-electron chi connectivity index (χ0n) is 18.4. The SMILES string of the molecule is COc1ccc(C)cc1N(CC(=O)NCc1ccc(Cl)cc1Cl)S(=O)(=O)c1ccc(C)cc1. The minimum atomic E-state index is -4.06. The van der Waals surface area contributed by atoms with E-state index in [-0.39, 0.29) is 17.1 Å². The van der Waals surface area contributed by atoms with Crippen LogP contribution in [0.25, 0.3) is 0 Å². The van der Waals surface area contributed by atoms with Gasteiger partial charge in [-0.15, -0.1) is 0 Å². The van der Waals surface area contributed by atoms with Gasteiger partial charge in [0.25, 0.3) is 10.0 Å². The van der Waals surface area contributed by atoms with Crippen molar-refractivity contribution in [3.05, 3.63) is 87.4 Å². The molecule has 0 aliphatic heterocycles. The number of nitrogens with one attached hydrogen (secondary N) is 1. The molecule has 0 saturated carbocycles. The number of amides is 1. The second-order valence-electron chi connectivity index (χ2n) is 7.51. The van der Waals surface area contributed by atoms with Crippen LogP contribution in [-0.4, -0.2) is 28.0 Å². The van der Waals surface area contributed by atoms with Crippen LogP contribution in [0.5, 0.6) is 5.75 Å². The molecule has 3 aromatic carbocycles. The van der Waals surface area contributed by atoms with Crippen LogP contribution in [0, 0.1) is 13.8 Å². The number of rotatable bonds is 8. The third-order valence-corrected chi connectivity index (χ3v) is 7.35. The summed E-state index contributed by atoms with van der Waals surface area (Å²) in [6.45, 7) is 3.38. The van der Waals surface area contributed by atoms with Crippen molar-refractivity contribution in [2.45, 2.75) is 25.3 Å². The number of hydrogen-bond acceptors (Lipinski definition) is 4. The second-order valence-corrected chi connectivity index (χ2v) is 10.2. The zero-order chi connectivity index (χ0) is 24.2. The van der Waals surface area contributed by atoms with Crippen LogP contribution in [0.4, 0.5) is 5.69 Å². The lowest BCUT2D eigenvalue weighted by Gasteiger charge is -2.26. The van der Waals surface area contributed by atoms with Gasteiger partial charge in [0.2, 0.25) is 5.91 Å². The summed E-state index contributed by atoms with van der Waals surface area (Å²) in [7, 11) is -2.61. The van der Waals surface area contributed by atoms with Crippen LogP contribution in [0.15, 0.2) is 65.6 Å². The molecule has 1 amide bonds. The summed E-state index contributed by atoms with van der Waals surface area (Å²) in [6.07, 6.45) is 0. The lowest BCUT2D eigenvalue weighted by Crippen LogP contribution is -2.41. The van der Waals surface area contributed by atoms with E-state index < -0.39 is 22.5 Å². The van der Waals surface area contributed by atoms with Gasteiger partial charge in [-0.2, -0.15) is 0 Å². The largest absolute Gasteiger partial charge is 0.495 e. The van der Waals surface area contributed by atoms with Crippen LogP contribution in [0.1, 0.15) is 16.7 Å².